The highest BCUT2D eigenvalue weighted by Gasteiger charge is 2.63. The molecule has 4 bridgehead atoms. The van der Waals surface area contributed by atoms with Crippen molar-refractivity contribution >= 4 is 16.8 Å². The molecule has 0 aromatic rings. The highest BCUT2D eigenvalue weighted by Crippen LogP contribution is 2.61. The number of carbonyl (C=O) groups excluding carboxylic acids is 1. The van der Waals surface area contributed by atoms with Gasteiger partial charge in [-0.15, -0.1) is 0 Å². The molecule has 4 heteroatoms. The fraction of sp³-hybridized carbons (Fsp3) is 0.769. The Hall–Kier alpha value is -0.640. The summed E-state index contributed by atoms with van der Waals surface area (Å²) < 4.78 is 18.0. The van der Waals surface area contributed by atoms with Crippen molar-refractivity contribution in [2.24, 2.45) is 23.7 Å². The minimum atomic E-state index is -1.13. The average Bonchev–Trinajstić information content (AvgIpc) is 2.29. The van der Waals surface area contributed by atoms with Crippen molar-refractivity contribution in [3.8, 4) is 0 Å². The Bertz CT molecular complexity index is 412. The third-order valence-corrected chi connectivity index (χ3v) is 6.94. The predicted octanol–water partition coefficient (Wildman–Crippen LogP) is 1.96. The van der Waals surface area contributed by atoms with Gasteiger partial charge in [-0.25, -0.2) is 4.79 Å². The zero-order chi connectivity index (χ0) is 11.6. The van der Waals surface area contributed by atoms with Gasteiger partial charge in [0, 0.05) is 23.3 Å². The molecule has 0 saturated heterocycles. The summed E-state index contributed by atoms with van der Waals surface area (Å²) in [5, 5.41) is 1.56. The van der Waals surface area contributed by atoms with Gasteiger partial charge in [0.25, 0.3) is 0 Å². The van der Waals surface area contributed by atoms with E-state index in [1.807, 2.05) is 0 Å². The number of hydrogen-bond acceptors (Lipinski definition) is 3. The molecule has 1 heterocycles. The van der Waals surface area contributed by atoms with E-state index in [9.17, 15) is 9.00 Å². The van der Waals surface area contributed by atoms with Crippen molar-refractivity contribution < 1.29 is 13.7 Å². The van der Waals surface area contributed by atoms with Gasteiger partial charge in [-0.3, -0.25) is 4.21 Å². The molecule has 1 aliphatic heterocycles. The maximum Gasteiger partial charge on any atom is 0.332 e. The number of rotatable bonds is 0. The third-order valence-electron chi connectivity index (χ3n) is 5.18. The van der Waals surface area contributed by atoms with Crippen molar-refractivity contribution in [2.75, 3.05) is 0 Å². The monoisotopic (exact) mass is 252 g/mol. The van der Waals surface area contributed by atoms with Crippen molar-refractivity contribution in [2.45, 2.75) is 37.0 Å². The summed E-state index contributed by atoms with van der Waals surface area (Å²) in [6.45, 7) is 0. The van der Waals surface area contributed by atoms with Crippen LogP contribution in [0, 0.1) is 23.7 Å². The Kier molecular flexibility index (Phi) is 1.95. The van der Waals surface area contributed by atoms with E-state index in [4.69, 9.17) is 4.74 Å². The maximum absolute atomic E-state index is 12.4. The first-order valence-electron chi connectivity index (χ1n) is 6.50. The average molecular weight is 252 g/mol. The molecule has 3 nitrogen and oxygen atoms in total. The molecular weight excluding hydrogens is 236 g/mol. The van der Waals surface area contributed by atoms with E-state index in [2.05, 4.69) is 0 Å². The largest absolute Gasteiger partial charge is 0.441 e. The second-order valence-corrected chi connectivity index (χ2v) is 7.55. The van der Waals surface area contributed by atoms with E-state index in [0.29, 0.717) is 11.8 Å². The van der Waals surface area contributed by atoms with Gasteiger partial charge >= 0.3 is 5.97 Å². The van der Waals surface area contributed by atoms with E-state index in [1.165, 1.54) is 12.5 Å². The van der Waals surface area contributed by atoms with Crippen LogP contribution >= 0.6 is 0 Å². The van der Waals surface area contributed by atoms with Crippen molar-refractivity contribution in [3.63, 3.8) is 0 Å². The van der Waals surface area contributed by atoms with Crippen LogP contribution in [-0.4, -0.2) is 15.1 Å². The first-order valence-corrected chi connectivity index (χ1v) is 7.71. The molecule has 0 radical (unpaired) electrons. The highest BCUT2D eigenvalue weighted by molar-refractivity contribution is 7.89. The Morgan fingerprint density at radius 1 is 1.12 bits per heavy atom. The van der Waals surface area contributed by atoms with Gasteiger partial charge in [-0.05, 0) is 43.9 Å². The molecule has 1 unspecified atom stereocenters. The molecule has 0 aromatic carbocycles. The van der Waals surface area contributed by atoms with Gasteiger partial charge < -0.3 is 4.74 Å². The van der Waals surface area contributed by atoms with Crippen LogP contribution in [0.5, 0.6) is 0 Å². The molecule has 5 aliphatic rings. The van der Waals surface area contributed by atoms with Crippen molar-refractivity contribution in [1.82, 2.24) is 0 Å². The van der Waals surface area contributed by atoms with Gasteiger partial charge in [0.2, 0.25) is 0 Å². The smallest absolute Gasteiger partial charge is 0.332 e. The fourth-order valence-corrected chi connectivity index (χ4v) is 6.45. The van der Waals surface area contributed by atoms with Crippen LogP contribution in [0.2, 0.25) is 0 Å². The van der Waals surface area contributed by atoms with E-state index < -0.39 is 15.7 Å². The normalized spacial score (nSPS) is 55.3. The molecule has 4 fully saturated rings. The molecule has 4 aliphatic carbocycles. The molecule has 1 atom stereocenters. The first-order chi connectivity index (χ1) is 8.18. The molecule has 17 heavy (non-hydrogen) atoms. The van der Waals surface area contributed by atoms with Crippen LogP contribution in [0.3, 0.4) is 0 Å². The van der Waals surface area contributed by atoms with Gasteiger partial charge in [0.05, 0.1) is 10.8 Å². The lowest BCUT2D eigenvalue weighted by Gasteiger charge is -2.59. The second kappa shape index (κ2) is 3.22. The fourth-order valence-electron chi connectivity index (χ4n) is 4.79. The first kappa shape index (κ1) is 10.3. The van der Waals surface area contributed by atoms with E-state index in [1.54, 1.807) is 5.41 Å². The molecule has 0 aromatic heterocycles. The van der Waals surface area contributed by atoms with Crippen molar-refractivity contribution in [3.05, 3.63) is 11.5 Å². The van der Waals surface area contributed by atoms with E-state index >= 15 is 0 Å². The molecule has 4 saturated carbocycles. The van der Waals surface area contributed by atoms with Gasteiger partial charge in [-0.2, -0.15) is 0 Å². The Labute approximate surface area is 103 Å². The lowest BCUT2D eigenvalue weighted by Crippen LogP contribution is -2.62. The summed E-state index contributed by atoms with van der Waals surface area (Å²) in [6, 6.07) is 0. The standard InChI is InChI=1S/C13H16O3S/c14-12-1-2-17(15)13(16-12)10-4-8-3-9(6-10)7-11(13)5-8/h1-2,8-11H,3-7H2. The van der Waals surface area contributed by atoms with Crippen LogP contribution < -0.4 is 0 Å². The summed E-state index contributed by atoms with van der Waals surface area (Å²) in [5.41, 5.74) is 0. The summed E-state index contributed by atoms with van der Waals surface area (Å²) in [7, 11) is -1.13. The summed E-state index contributed by atoms with van der Waals surface area (Å²) >= 11 is 0. The molecule has 92 valence electrons. The van der Waals surface area contributed by atoms with Crippen molar-refractivity contribution in [1.29, 1.82) is 0 Å². The molecule has 0 amide bonds. The zero-order valence-electron chi connectivity index (χ0n) is 9.63. The maximum atomic E-state index is 12.4. The number of esters is 1. The van der Waals surface area contributed by atoms with Crippen LogP contribution in [0.25, 0.3) is 0 Å². The van der Waals surface area contributed by atoms with Gasteiger partial charge in [0.15, 0.2) is 4.93 Å². The third kappa shape index (κ3) is 1.22. The lowest BCUT2D eigenvalue weighted by molar-refractivity contribution is -0.176. The van der Waals surface area contributed by atoms with Crippen LogP contribution in [0.4, 0.5) is 0 Å². The Morgan fingerprint density at radius 3 is 2.29 bits per heavy atom. The zero-order valence-corrected chi connectivity index (χ0v) is 10.4. The van der Waals surface area contributed by atoms with Gasteiger partial charge in [-0.1, -0.05) is 0 Å². The number of hydrogen-bond donors (Lipinski definition) is 0. The second-order valence-electron chi connectivity index (χ2n) is 6.05. The van der Waals surface area contributed by atoms with E-state index in [0.717, 1.165) is 37.5 Å². The van der Waals surface area contributed by atoms with E-state index in [-0.39, 0.29) is 5.97 Å². The SMILES string of the molecule is O=C1C=CS(=O)C2(O1)C1CC3CC(C1)CC2C3. The molecule has 5 rings (SSSR count). The molecule has 0 N–H and O–H groups in total. The quantitative estimate of drug-likeness (QED) is 0.619. The summed E-state index contributed by atoms with van der Waals surface area (Å²) in [6.07, 6.45) is 7.12. The summed E-state index contributed by atoms with van der Waals surface area (Å²) in [4.78, 5) is 10.9. The predicted molar refractivity (Wildman–Crippen MR) is 63.2 cm³/mol. The minimum Gasteiger partial charge on any atom is -0.441 e. The lowest BCUT2D eigenvalue weighted by atomic mass is 9.54. The van der Waals surface area contributed by atoms with Gasteiger partial charge in [0.1, 0.15) is 0 Å². The molecule has 1 spiro atoms. The number of carbonyl (C=O) groups is 1. The molecular formula is C13H16O3S. The van der Waals surface area contributed by atoms with Crippen LogP contribution in [0.1, 0.15) is 32.1 Å². The van der Waals surface area contributed by atoms with Crippen LogP contribution in [0.15, 0.2) is 11.5 Å². The highest BCUT2D eigenvalue weighted by atomic mass is 32.2. The Morgan fingerprint density at radius 2 is 1.71 bits per heavy atom. The van der Waals surface area contributed by atoms with Crippen LogP contribution in [-0.2, 0) is 20.3 Å². The topological polar surface area (TPSA) is 43.4 Å². The Balaban J connectivity index is 1.80. The minimum absolute atomic E-state index is 0.294. The number of ether oxygens (including phenoxy) is 1. The summed E-state index contributed by atoms with van der Waals surface area (Å²) in [5.74, 6) is 1.98.